The number of ketones is 2. The molecule has 2 atom stereocenters. The lowest BCUT2D eigenvalue weighted by atomic mass is 9.68. The number of phenolic OH excluding ortho intramolecular Hbond substituents is 2. The minimum atomic E-state index is -0.879. The van der Waals surface area contributed by atoms with Gasteiger partial charge >= 0.3 is 0 Å². The highest BCUT2D eigenvalue weighted by molar-refractivity contribution is 6.30. The van der Waals surface area contributed by atoms with Gasteiger partial charge in [0.05, 0.1) is 11.6 Å². The summed E-state index contributed by atoms with van der Waals surface area (Å²) in [5.41, 5.74) is 2.88. The number of amides is 1. The number of carbonyl (C=O) groups excluding carboxylic acids is 3. The SMILES string of the molecule is CC(=O)NOCCCN1C[C@H](C(=O)c2cccc(O)c2)C(c2cccc(Cl)c2F)[C@@H](C(=O)c2cccc(O)c2)C1. The number of nitrogens with one attached hydrogen (secondary N) is 1. The Morgan fingerprint density at radius 3 is 2.02 bits per heavy atom. The molecular formula is C30H30ClFN2O6. The van der Waals surface area contributed by atoms with Crippen LogP contribution in [-0.4, -0.2) is 58.8 Å². The Morgan fingerprint density at radius 1 is 0.950 bits per heavy atom. The average molecular weight is 569 g/mol. The molecule has 1 amide bonds. The maximum absolute atomic E-state index is 15.5. The summed E-state index contributed by atoms with van der Waals surface area (Å²) in [5.74, 6) is -4.54. The van der Waals surface area contributed by atoms with Crippen LogP contribution in [0.15, 0.2) is 66.7 Å². The number of piperidine rings is 1. The molecule has 0 bridgehead atoms. The van der Waals surface area contributed by atoms with E-state index in [1.165, 1.54) is 43.3 Å². The monoisotopic (exact) mass is 568 g/mol. The lowest BCUT2D eigenvalue weighted by Crippen LogP contribution is -2.51. The summed E-state index contributed by atoms with van der Waals surface area (Å²) < 4.78 is 15.5. The van der Waals surface area contributed by atoms with Gasteiger partial charge in [0.1, 0.15) is 17.3 Å². The third kappa shape index (κ3) is 6.85. The fourth-order valence-electron chi connectivity index (χ4n) is 5.28. The second-order valence-corrected chi connectivity index (χ2v) is 10.2. The molecule has 3 aromatic carbocycles. The van der Waals surface area contributed by atoms with Crippen molar-refractivity contribution in [2.24, 2.45) is 11.8 Å². The average Bonchev–Trinajstić information content (AvgIpc) is 2.93. The molecule has 0 saturated carbocycles. The van der Waals surface area contributed by atoms with Gasteiger partial charge in [0, 0.05) is 55.4 Å². The van der Waals surface area contributed by atoms with Crippen LogP contribution in [0.25, 0.3) is 0 Å². The molecule has 40 heavy (non-hydrogen) atoms. The molecule has 0 radical (unpaired) electrons. The Hall–Kier alpha value is -3.79. The van der Waals surface area contributed by atoms with Crippen LogP contribution < -0.4 is 5.48 Å². The first-order chi connectivity index (χ1) is 19.2. The van der Waals surface area contributed by atoms with Gasteiger partial charge in [-0.25, -0.2) is 9.87 Å². The van der Waals surface area contributed by atoms with Crippen LogP contribution in [0.3, 0.4) is 0 Å². The van der Waals surface area contributed by atoms with E-state index in [1.54, 1.807) is 30.3 Å². The highest BCUT2D eigenvalue weighted by atomic mass is 35.5. The Morgan fingerprint density at radius 2 is 1.50 bits per heavy atom. The van der Waals surface area contributed by atoms with E-state index in [9.17, 15) is 24.6 Å². The van der Waals surface area contributed by atoms with Crippen LogP contribution in [0, 0.1) is 17.7 Å². The van der Waals surface area contributed by atoms with Gasteiger partial charge in [-0.2, -0.15) is 0 Å². The highest BCUT2D eigenvalue weighted by Gasteiger charge is 2.46. The van der Waals surface area contributed by atoms with E-state index in [4.69, 9.17) is 16.4 Å². The number of nitrogens with zero attached hydrogens (tertiary/aromatic N) is 1. The number of hydroxylamine groups is 1. The normalized spacial score (nSPS) is 17.9. The van der Waals surface area contributed by atoms with Crippen LogP contribution in [0.1, 0.15) is 45.5 Å². The van der Waals surface area contributed by atoms with Crippen LogP contribution in [0.2, 0.25) is 5.02 Å². The van der Waals surface area contributed by atoms with Gasteiger partial charge in [0.25, 0.3) is 0 Å². The minimum absolute atomic E-state index is 0.0912. The van der Waals surface area contributed by atoms with E-state index in [0.29, 0.717) is 13.0 Å². The van der Waals surface area contributed by atoms with E-state index in [0.717, 1.165) is 0 Å². The number of benzene rings is 3. The first kappa shape index (κ1) is 29.2. The number of rotatable bonds is 10. The number of hydrogen-bond acceptors (Lipinski definition) is 7. The molecule has 0 unspecified atom stereocenters. The van der Waals surface area contributed by atoms with Crippen LogP contribution >= 0.6 is 11.6 Å². The lowest BCUT2D eigenvalue weighted by Gasteiger charge is -2.43. The number of halogens is 2. The van der Waals surface area contributed by atoms with Crippen molar-refractivity contribution in [1.29, 1.82) is 0 Å². The van der Waals surface area contributed by atoms with Gasteiger partial charge in [-0.3, -0.25) is 19.2 Å². The third-order valence-electron chi connectivity index (χ3n) is 6.99. The van der Waals surface area contributed by atoms with Crippen molar-refractivity contribution in [2.75, 3.05) is 26.2 Å². The van der Waals surface area contributed by atoms with E-state index in [-0.39, 0.29) is 70.4 Å². The van der Waals surface area contributed by atoms with Crippen molar-refractivity contribution in [2.45, 2.75) is 19.3 Å². The molecule has 1 aliphatic rings. The molecule has 1 aliphatic heterocycles. The zero-order valence-electron chi connectivity index (χ0n) is 21.8. The summed E-state index contributed by atoms with van der Waals surface area (Å²) in [5, 5.41) is 19.9. The molecule has 0 spiro atoms. The molecule has 10 heteroatoms. The van der Waals surface area contributed by atoms with Crippen molar-refractivity contribution in [3.63, 3.8) is 0 Å². The summed E-state index contributed by atoms with van der Waals surface area (Å²) >= 11 is 6.15. The van der Waals surface area contributed by atoms with Gasteiger partial charge in [0.2, 0.25) is 5.91 Å². The van der Waals surface area contributed by atoms with Crippen LogP contribution in [-0.2, 0) is 9.63 Å². The molecule has 1 heterocycles. The molecule has 0 aromatic heterocycles. The van der Waals surface area contributed by atoms with Gasteiger partial charge in [-0.1, -0.05) is 48.0 Å². The fraction of sp³-hybridized carbons (Fsp3) is 0.300. The minimum Gasteiger partial charge on any atom is -0.508 e. The quantitative estimate of drug-likeness (QED) is 0.184. The number of carbonyl (C=O) groups is 3. The number of Topliss-reactive ketones (excluding diaryl/α,β-unsaturated/α-hetero) is 2. The maximum atomic E-state index is 15.5. The summed E-state index contributed by atoms with van der Waals surface area (Å²) in [7, 11) is 0. The maximum Gasteiger partial charge on any atom is 0.240 e. The molecular weight excluding hydrogens is 539 g/mol. The fourth-order valence-corrected chi connectivity index (χ4v) is 5.47. The van der Waals surface area contributed by atoms with Crippen molar-refractivity contribution >= 4 is 29.1 Å². The van der Waals surface area contributed by atoms with E-state index in [1.807, 2.05) is 4.90 Å². The largest absolute Gasteiger partial charge is 0.508 e. The number of aromatic hydroxyl groups is 2. The smallest absolute Gasteiger partial charge is 0.240 e. The molecule has 8 nitrogen and oxygen atoms in total. The molecule has 210 valence electrons. The van der Waals surface area contributed by atoms with Crippen molar-refractivity contribution in [3.8, 4) is 11.5 Å². The Labute approximate surface area is 236 Å². The Bertz CT molecular complexity index is 1330. The van der Waals surface area contributed by atoms with Crippen molar-refractivity contribution < 1.29 is 33.8 Å². The molecule has 0 aliphatic carbocycles. The number of phenols is 2. The van der Waals surface area contributed by atoms with E-state index < -0.39 is 23.6 Å². The lowest BCUT2D eigenvalue weighted by molar-refractivity contribution is -0.131. The van der Waals surface area contributed by atoms with E-state index >= 15 is 4.39 Å². The van der Waals surface area contributed by atoms with Crippen molar-refractivity contribution in [3.05, 3.63) is 94.3 Å². The zero-order valence-corrected chi connectivity index (χ0v) is 22.6. The van der Waals surface area contributed by atoms with Crippen molar-refractivity contribution in [1.82, 2.24) is 10.4 Å². The predicted octanol–water partition coefficient (Wildman–Crippen LogP) is 4.75. The zero-order chi connectivity index (χ0) is 28.8. The second-order valence-electron chi connectivity index (χ2n) is 9.83. The van der Waals surface area contributed by atoms with E-state index in [2.05, 4.69) is 5.48 Å². The molecule has 4 rings (SSSR count). The summed E-state index contributed by atoms with van der Waals surface area (Å²) in [6.07, 6.45) is 0.483. The molecule has 1 fully saturated rings. The molecule has 1 saturated heterocycles. The molecule has 3 N–H and O–H groups in total. The third-order valence-corrected chi connectivity index (χ3v) is 7.28. The number of likely N-dealkylation sites (tertiary alicyclic amines) is 1. The highest BCUT2D eigenvalue weighted by Crippen LogP contribution is 2.43. The van der Waals surface area contributed by atoms with Crippen LogP contribution in [0.4, 0.5) is 4.39 Å². The summed E-state index contributed by atoms with van der Waals surface area (Å²) in [4.78, 5) is 46.1. The van der Waals surface area contributed by atoms with Gasteiger partial charge in [-0.05, 0) is 42.3 Å². The Kier molecular flexibility index (Phi) is 9.52. The Balaban J connectivity index is 1.76. The van der Waals surface area contributed by atoms with Gasteiger partial charge < -0.3 is 15.1 Å². The number of hydrogen-bond donors (Lipinski definition) is 3. The first-order valence-electron chi connectivity index (χ1n) is 12.9. The predicted molar refractivity (Wildman–Crippen MR) is 147 cm³/mol. The summed E-state index contributed by atoms with van der Waals surface area (Å²) in [6, 6.07) is 16.3. The standard InChI is InChI=1S/C30H30ClFN2O6/c1-18(35)33-40-13-5-12-34-16-24(29(38)19-6-2-8-21(36)14-19)27(23-10-4-11-26(31)28(23)32)25(17-34)30(39)20-7-3-9-22(37)15-20/h2-4,6-11,14-15,24-25,27,36-37H,5,12-13,16-17H2,1H3,(H,33,35)/t24-,25-/m0/s1. The first-order valence-corrected chi connectivity index (χ1v) is 13.2. The topological polar surface area (TPSA) is 116 Å². The summed E-state index contributed by atoms with van der Waals surface area (Å²) in [6.45, 7) is 2.37. The molecule has 3 aromatic rings. The van der Waals surface area contributed by atoms with Crippen LogP contribution in [0.5, 0.6) is 11.5 Å². The second kappa shape index (κ2) is 13.0. The van der Waals surface area contributed by atoms with Gasteiger partial charge in [0.15, 0.2) is 11.6 Å². The van der Waals surface area contributed by atoms with Gasteiger partial charge in [-0.15, -0.1) is 0 Å².